The van der Waals surface area contributed by atoms with E-state index in [4.69, 9.17) is 0 Å². The van der Waals surface area contributed by atoms with Crippen LogP contribution in [0, 0.1) is 0 Å². The van der Waals surface area contributed by atoms with Gasteiger partial charge < -0.3 is 15.7 Å². The van der Waals surface area contributed by atoms with Crippen molar-refractivity contribution in [1.82, 2.24) is 15.5 Å². The van der Waals surface area contributed by atoms with E-state index in [0.29, 0.717) is 6.54 Å². The molecule has 8 heteroatoms. The summed E-state index contributed by atoms with van der Waals surface area (Å²) in [6.45, 7) is 1.48. The normalized spacial score (nSPS) is 16.3. The zero-order valence-corrected chi connectivity index (χ0v) is 13.3. The molecule has 1 aliphatic heterocycles. The minimum Gasteiger partial charge on any atom is -0.390 e. The molecule has 134 valence electrons. The standard InChI is InChI=1S/C16H22F3N3O2/c17-16(18,19)6-7-20-15(24)21-9-14(23)11-22-8-5-12-3-1-2-4-13(12)10-22/h1-4,14,23H,5-11H2,(H2,20,21,24). The molecule has 1 atom stereocenters. The first-order chi connectivity index (χ1) is 11.3. The van der Waals surface area contributed by atoms with E-state index < -0.39 is 31.3 Å². The number of halogens is 3. The number of urea groups is 1. The maximum atomic E-state index is 12.0. The molecule has 1 aromatic rings. The number of nitrogens with zero attached hydrogens (tertiary/aromatic N) is 1. The molecular weight excluding hydrogens is 323 g/mol. The van der Waals surface area contributed by atoms with Gasteiger partial charge in [-0.2, -0.15) is 13.2 Å². The number of hydrogen-bond acceptors (Lipinski definition) is 3. The lowest BCUT2D eigenvalue weighted by molar-refractivity contribution is -0.132. The molecule has 1 heterocycles. The van der Waals surface area contributed by atoms with E-state index in [2.05, 4.69) is 27.7 Å². The van der Waals surface area contributed by atoms with Crippen LogP contribution in [0.1, 0.15) is 17.5 Å². The molecule has 2 rings (SSSR count). The number of hydrogen-bond donors (Lipinski definition) is 3. The average Bonchev–Trinajstić information content (AvgIpc) is 2.51. The Balaban J connectivity index is 1.65. The lowest BCUT2D eigenvalue weighted by atomic mass is 10.00. The summed E-state index contributed by atoms with van der Waals surface area (Å²) in [4.78, 5) is 13.5. The molecule has 0 aliphatic carbocycles. The smallest absolute Gasteiger partial charge is 0.390 e. The molecule has 0 saturated heterocycles. The van der Waals surface area contributed by atoms with Gasteiger partial charge in [-0.15, -0.1) is 0 Å². The maximum Gasteiger partial charge on any atom is 0.390 e. The van der Waals surface area contributed by atoms with Crippen molar-refractivity contribution in [3.05, 3.63) is 35.4 Å². The number of rotatable bonds is 6. The van der Waals surface area contributed by atoms with Gasteiger partial charge in [0.25, 0.3) is 0 Å². The third-order valence-corrected chi connectivity index (χ3v) is 3.87. The van der Waals surface area contributed by atoms with Gasteiger partial charge in [-0.3, -0.25) is 4.90 Å². The van der Waals surface area contributed by atoms with Gasteiger partial charge in [-0.05, 0) is 17.5 Å². The first-order valence-corrected chi connectivity index (χ1v) is 7.89. The van der Waals surface area contributed by atoms with E-state index in [1.807, 2.05) is 12.1 Å². The first-order valence-electron chi connectivity index (χ1n) is 7.89. The fourth-order valence-electron chi connectivity index (χ4n) is 2.66. The Labute approximate surface area is 138 Å². The maximum absolute atomic E-state index is 12.0. The summed E-state index contributed by atoms with van der Waals surface area (Å²) >= 11 is 0. The average molecular weight is 345 g/mol. The van der Waals surface area contributed by atoms with Crippen LogP contribution >= 0.6 is 0 Å². The van der Waals surface area contributed by atoms with Gasteiger partial charge in [0.2, 0.25) is 0 Å². The van der Waals surface area contributed by atoms with Gasteiger partial charge in [0, 0.05) is 32.7 Å². The van der Waals surface area contributed by atoms with Crippen molar-refractivity contribution < 1.29 is 23.1 Å². The van der Waals surface area contributed by atoms with Gasteiger partial charge >= 0.3 is 12.2 Å². The monoisotopic (exact) mass is 345 g/mol. The van der Waals surface area contributed by atoms with Crippen LogP contribution in [0.4, 0.5) is 18.0 Å². The van der Waals surface area contributed by atoms with Crippen LogP contribution in [0.25, 0.3) is 0 Å². The van der Waals surface area contributed by atoms with Crippen LogP contribution in [-0.4, -0.2) is 54.5 Å². The second-order valence-corrected chi connectivity index (χ2v) is 5.91. The summed E-state index contributed by atoms with van der Waals surface area (Å²) in [5.74, 6) is 0. The van der Waals surface area contributed by atoms with Crippen LogP contribution in [0.15, 0.2) is 24.3 Å². The SMILES string of the molecule is O=C(NCCC(F)(F)F)NCC(O)CN1CCc2ccccc2C1. The molecule has 5 nitrogen and oxygen atoms in total. The molecule has 1 aromatic carbocycles. The van der Waals surface area contributed by atoms with E-state index in [1.165, 1.54) is 11.1 Å². The number of carbonyl (C=O) groups is 1. The van der Waals surface area contributed by atoms with Crippen LogP contribution in [0.3, 0.4) is 0 Å². The minimum atomic E-state index is -4.29. The van der Waals surface area contributed by atoms with Crippen molar-refractivity contribution in [3.8, 4) is 0 Å². The van der Waals surface area contributed by atoms with Crippen LogP contribution in [-0.2, 0) is 13.0 Å². The lowest BCUT2D eigenvalue weighted by Gasteiger charge is -2.30. The molecular formula is C16H22F3N3O2. The fourth-order valence-corrected chi connectivity index (χ4v) is 2.66. The second kappa shape index (κ2) is 8.34. The third kappa shape index (κ3) is 6.37. The molecule has 0 spiro atoms. The van der Waals surface area contributed by atoms with Crippen molar-refractivity contribution in [2.45, 2.75) is 31.7 Å². The number of amides is 2. The van der Waals surface area contributed by atoms with E-state index in [9.17, 15) is 23.1 Å². The highest BCUT2D eigenvalue weighted by Gasteiger charge is 2.26. The Bertz CT molecular complexity index is 552. The number of alkyl halides is 3. The highest BCUT2D eigenvalue weighted by atomic mass is 19.4. The second-order valence-electron chi connectivity index (χ2n) is 5.91. The Morgan fingerprint density at radius 1 is 1.25 bits per heavy atom. The third-order valence-electron chi connectivity index (χ3n) is 3.87. The van der Waals surface area contributed by atoms with Crippen molar-refractivity contribution in [3.63, 3.8) is 0 Å². The summed E-state index contributed by atoms with van der Waals surface area (Å²) < 4.78 is 35.9. The highest BCUT2D eigenvalue weighted by Crippen LogP contribution is 2.19. The van der Waals surface area contributed by atoms with E-state index >= 15 is 0 Å². The molecule has 24 heavy (non-hydrogen) atoms. The summed E-state index contributed by atoms with van der Waals surface area (Å²) in [6.07, 6.45) is -5.23. The number of nitrogens with one attached hydrogen (secondary N) is 2. The van der Waals surface area contributed by atoms with Crippen LogP contribution in [0.2, 0.25) is 0 Å². The van der Waals surface area contributed by atoms with Crippen molar-refractivity contribution >= 4 is 6.03 Å². The minimum absolute atomic E-state index is 0.00397. The summed E-state index contributed by atoms with van der Waals surface area (Å²) in [6, 6.07) is 7.43. The zero-order valence-electron chi connectivity index (χ0n) is 13.3. The highest BCUT2D eigenvalue weighted by molar-refractivity contribution is 5.73. The Morgan fingerprint density at radius 2 is 1.96 bits per heavy atom. The molecule has 0 radical (unpaired) electrons. The topological polar surface area (TPSA) is 64.6 Å². The largest absolute Gasteiger partial charge is 0.390 e. The molecule has 3 N–H and O–H groups in total. The van der Waals surface area contributed by atoms with Gasteiger partial charge in [0.1, 0.15) is 0 Å². The number of carbonyl (C=O) groups excluding carboxylic acids is 1. The molecule has 1 aliphatic rings. The zero-order chi connectivity index (χ0) is 17.6. The van der Waals surface area contributed by atoms with Crippen molar-refractivity contribution in [2.75, 3.05) is 26.2 Å². The van der Waals surface area contributed by atoms with Crippen molar-refractivity contribution in [2.24, 2.45) is 0 Å². The van der Waals surface area contributed by atoms with Gasteiger partial charge in [-0.25, -0.2) is 4.79 Å². The lowest BCUT2D eigenvalue weighted by Crippen LogP contribution is -2.45. The number of fused-ring (bicyclic) bond motifs is 1. The summed E-state index contributed by atoms with van der Waals surface area (Å²) in [7, 11) is 0. The van der Waals surface area contributed by atoms with Gasteiger partial charge in [0.15, 0.2) is 0 Å². The van der Waals surface area contributed by atoms with Crippen LogP contribution in [0.5, 0.6) is 0 Å². The predicted octanol–water partition coefficient (Wildman–Crippen LogP) is 1.66. The molecule has 2 amide bonds. The van der Waals surface area contributed by atoms with Gasteiger partial charge in [0.05, 0.1) is 12.5 Å². The summed E-state index contributed by atoms with van der Waals surface area (Å²) in [5, 5.41) is 14.5. The van der Waals surface area contributed by atoms with Crippen LogP contribution < -0.4 is 10.6 Å². The quantitative estimate of drug-likeness (QED) is 0.735. The Kier molecular flexibility index (Phi) is 6.44. The Hall–Kier alpha value is -1.80. The van der Waals surface area contributed by atoms with Gasteiger partial charge in [-0.1, -0.05) is 24.3 Å². The van der Waals surface area contributed by atoms with E-state index in [1.54, 1.807) is 0 Å². The molecule has 0 fully saturated rings. The summed E-state index contributed by atoms with van der Waals surface area (Å²) in [5.41, 5.74) is 2.54. The predicted molar refractivity (Wildman–Crippen MR) is 83.5 cm³/mol. The van der Waals surface area contributed by atoms with E-state index in [-0.39, 0.29) is 6.54 Å². The fraction of sp³-hybridized carbons (Fsp3) is 0.562. The number of benzene rings is 1. The number of aliphatic hydroxyl groups is 1. The molecule has 0 bridgehead atoms. The number of aliphatic hydroxyl groups excluding tert-OH is 1. The van der Waals surface area contributed by atoms with E-state index in [0.717, 1.165) is 19.5 Å². The molecule has 0 saturated carbocycles. The molecule has 1 unspecified atom stereocenters. The van der Waals surface area contributed by atoms with Crippen molar-refractivity contribution in [1.29, 1.82) is 0 Å². The first kappa shape index (κ1) is 18.5. The number of β-amino-alcohol motifs (C(OH)–C–C–N with tert-alkyl or cyclic N) is 1. The molecule has 0 aromatic heterocycles. The Morgan fingerprint density at radius 3 is 2.67 bits per heavy atom.